The molecule has 0 aromatic heterocycles. The zero-order valence-corrected chi connectivity index (χ0v) is 10.1. The number of hydrogen-bond acceptors (Lipinski definition) is 3. The van der Waals surface area contributed by atoms with Crippen molar-refractivity contribution < 1.29 is 4.92 Å². The minimum atomic E-state index is -0.386. The second-order valence-corrected chi connectivity index (χ2v) is 3.95. The molecule has 2 rings (SSSR count). The summed E-state index contributed by atoms with van der Waals surface area (Å²) < 4.78 is 0. The van der Waals surface area contributed by atoms with Crippen LogP contribution in [0.1, 0.15) is 12.5 Å². The molecule has 0 aliphatic carbocycles. The average molecular weight is 242 g/mol. The van der Waals surface area contributed by atoms with E-state index in [-0.39, 0.29) is 10.6 Å². The summed E-state index contributed by atoms with van der Waals surface area (Å²) in [4.78, 5) is 10.5. The third kappa shape index (κ3) is 2.66. The molecule has 4 heteroatoms. The number of rotatable bonds is 4. The highest BCUT2D eigenvalue weighted by atomic mass is 16.6. The van der Waals surface area contributed by atoms with Gasteiger partial charge in [0.1, 0.15) is 5.69 Å². The van der Waals surface area contributed by atoms with Gasteiger partial charge in [-0.15, -0.1) is 0 Å². The van der Waals surface area contributed by atoms with E-state index in [0.29, 0.717) is 5.69 Å². The molecule has 0 spiro atoms. The molecule has 18 heavy (non-hydrogen) atoms. The van der Waals surface area contributed by atoms with Gasteiger partial charge in [0.15, 0.2) is 0 Å². The SMILES string of the molecule is CCc1ccc(Nc2ccccc2[N+](=O)[O-])cc1. The molecule has 92 valence electrons. The number of aryl methyl sites for hydroxylation is 1. The Labute approximate surface area is 105 Å². The highest BCUT2D eigenvalue weighted by Crippen LogP contribution is 2.26. The standard InChI is InChI=1S/C14H14N2O2/c1-2-11-7-9-12(10-8-11)15-13-5-3-4-6-14(13)16(17)18/h3-10,15H,2H2,1H3. The van der Waals surface area contributed by atoms with Crippen LogP contribution >= 0.6 is 0 Å². The molecule has 1 N–H and O–H groups in total. The number of nitrogens with zero attached hydrogens (tertiary/aromatic N) is 1. The largest absolute Gasteiger partial charge is 0.350 e. The van der Waals surface area contributed by atoms with Gasteiger partial charge in [-0.25, -0.2) is 0 Å². The molecule has 0 aliphatic heterocycles. The number of nitro groups is 1. The Morgan fingerprint density at radius 2 is 1.78 bits per heavy atom. The predicted molar refractivity (Wildman–Crippen MR) is 72.2 cm³/mol. The quantitative estimate of drug-likeness (QED) is 0.653. The predicted octanol–water partition coefficient (Wildman–Crippen LogP) is 3.90. The minimum absolute atomic E-state index is 0.0806. The first-order valence-corrected chi connectivity index (χ1v) is 5.80. The van der Waals surface area contributed by atoms with E-state index in [1.54, 1.807) is 18.2 Å². The molecule has 0 aliphatic rings. The Kier molecular flexibility index (Phi) is 3.57. The van der Waals surface area contributed by atoms with Crippen molar-refractivity contribution in [3.63, 3.8) is 0 Å². The lowest BCUT2D eigenvalue weighted by Crippen LogP contribution is -1.96. The Morgan fingerprint density at radius 1 is 1.11 bits per heavy atom. The van der Waals surface area contributed by atoms with E-state index < -0.39 is 0 Å². The normalized spacial score (nSPS) is 10.1. The van der Waals surface area contributed by atoms with Crippen molar-refractivity contribution in [1.82, 2.24) is 0 Å². The first kappa shape index (κ1) is 12.1. The molecule has 0 unspecified atom stereocenters. The van der Waals surface area contributed by atoms with E-state index in [1.165, 1.54) is 11.6 Å². The second kappa shape index (κ2) is 5.31. The molecule has 0 bridgehead atoms. The van der Waals surface area contributed by atoms with Crippen molar-refractivity contribution in [3.8, 4) is 0 Å². The zero-order chi connectivity index (χ0) is 13.0. The Balaban J connectivity index is 2.25. The first-order valence-electron chi connectivity index (χ1n) is 5.80. The van der Waals surface area contributed by atoms with Gasteiger partial charge in [0, 0.05) is 11.8 Å². The van der Waals surface area contributed by atoms with Crippen molar-refractivity contribution in [2.24, 2.45) is 0 Å². The summed E-state index contributed by atoms with van der Waals surface area (Å²) in [6.07, 6.45) is 0.978. The van der Waals surface area contributed by atoms with E-state index in [4.69, 9.17) is 0 Å². The third-order valence-electron chi connectivity index (χ3n) is 2.74. The number of nitro benzene ring substituents is 1. The maximum Gasteiger partial charge on any atom is 0.292 e. The molecule has 0 saturated carbocycles. The molecule has 0 heterocycles. The van der Waals surface area contributed by atoms with Gasteiger partial charge >= 0.3 is 0 Å². The van der Waals surface area contributed by atoms with Crippen molar-refractivity contribution in [3.05, 3.63) is 64.2 Å². The molecule has 0 atom stereocenters. The van der Waals surface area contributed by atoms with Crippen molar-refractivity contribution in [1.29, 1.82) is 0 Å². The maximum atomic E-state index is 10.9. The van der Waals surface area contributed by atoms with Crippen LogP contribution in [0.3, 0.4) is 0 Å². The summed E-state index contributed by atoms with van der Waals surface area (Å²) in [6, 6.07) is 14.5. The van der Waals surface area contributed by atoms with Gasteiger partial charge in [0.2, 0.25) is 0 Å². The summed E-state index contributed by atoms with van der Waals surface area (Å²) in [6.45, 7) is 2.09. The molecular formula is C14H14N2O2. The van der Waals surface area contributed by atoms with E-state index in [9.17, 15) is 10.1 Å². The Bertz CT molecular complexity index is 550. The number of anilines is 2. The number of hydrogen-bond donors (Lipinski definition) is 1. The minimum Gasteiger partial charge on any atom is -0.350 e. The van der Waals surface area contributed by atoms with Crippen LogP contribution in [0.2, 0.25) is 0 Å². The summed E-state index contributed by atoms with van der Waals surface area (Å²) in [5.41, 5.74) is 2.67. The van der Waals surface area contributed by atoms with Gasteiger partial charge in [0.25, 0.3) is 5.69 Å². The van der Waals surface area contributed by atoms with Crippen LogP contribution in [0.5, 0.6) is 0 Å². The fourth-order valence-electron chi connectivity index (χ4n) is 1.72. The molecular weight excluding hydrogens is 228 g/mol. The highest BCUT2D eigenvalue weighted by molar-refractivity contribution is 5.69. The van der Waals surface area contributed by atoms with Crippen molar-refractivity contribution in [2.45, 2.75) is 13.3 Å². The molecule has 0 amide bonds. The van der Waals surface area contributed by atoms with Gasteiger partial charge in [-0.05, 0) is 30.2 Å². The molecule has 4 nitrogen and oxygen atoms in total. The van der Waals surface area contributed by atoms with Crippen LogP contribution in [0.25, 0.3) is 0 Å². The lowest BCUT2D eigenvalue weighted by atomic mass is 10.1. The summed E-state index contributed by atoms with van der Waals surface area (Å²) in [5, 5.41) is 13.9. The number of nitrogens with one attached hydrogen (secondary N) is 1. The summed E-state index contributed by atoms with van der Waals surface area (Å²) in [7, 11) is 0. The lowest BCUT2D eigenvalue weighted by Gasteiger charge is -2.07. The monoisotopic (exact) mass is 242 g/mol. The van der Waals surface area contributed by atoms with E-state index in [0.717, 1.165) is 12.1 Å². The van der Waals surface area contributed by atoms with Crippen LogP contribution < -0.4 is 5.32 Å². The van der Waals surface area contributed by atoms with Gasteiger partial charge < -0.3 is 5.32 Å². The Hall–Kier alpha value is -2.36. The lowest BCUT2D eigenvalue weighted by molar-refractivity contribution is -0.383. The van der Waals surface area contributed by atoms with Crippen molar-refractivity contribution in [2.75, 3.05) is 5.32 Å². The van der Waals surface area contributed by atoms with Crippen molar-refractivity contribution >= 4 is 17.1 Å². The van der Waals surface area contributed by atoms with E-state index in [2.05, 4.69) is 12.2 Å². The van der Waals surface area contributed by atoms with Gasteiger partial charge in [-0.2, -0.15) is 0 Å². The third-order valence-corrected chi connectivity index (χ3v) is 2.74. The van der Waals surface area contributed by atoms with Crippen LogP contribution in [-0.2, 0) is 6.42 Å². The molecule has 2 aromatic rings. The van der Waals surface area contributed by atoms with Gasteiger partial charge in [0.05, 0.1) is 4.92 Å². The van der Waals surface area contributed by atoms with Gasteiger partial charge in [-0.1, -0.05) is 31.2 Å². The number of para-hydroxylation sites is 2. The zero-order valence-electron chi connectivity index (χ0n) is 10.1. The maximum absolute atomic E-state index is 10.9. The summed E-state index contributed by atoms with van der Waals surface area (Å²) >= 11 is 0. The van der Waals surface area contributed by atoms with Gasteiger partial charge in [-0.3, -0.25) is 10.1 Å². The molecule has 0 fully saturated rings. The average Bonchev–Trinajstić information content (AvgIpc) is 2.40. The van der Waals surface area contributed by atoms with E-state index in [1.807, 2.05) is 24.3 Å². The number of benzene rings is 2. The second-order valence-electron chi connectivity index (χ2n) is 3.95. The Morgan fingerprint density at radius 3 is 2.39 bits per heavy atom. The van der Waals surface area contributed by atoms with Crippen LogP contribution in [0, 0.1) is 10.1 Å². The first-order chi connectivity index (χ1) is 8.70. The molecule has 0 radical (unpaired) electrons. The molecule has 0 saturated heterocycles. The molecule has 2 aromatic carbocycles. The smallest absolute Gasteiger partial charge is 0.292 e. The topological polar surface area (TPSA) is 55.2 Å². The fraction of sp³-hybridized carbons (Fsp3) is 0.143. The summed E-state index contributed by atoms with van der Waals surface area (Å²) in [5.74, 6) is 0. The fourth-order valence-corrected chi connectivity index (χ4v) is 1.72. The van der Waals surface area contributed by atoms with Crippen LogP contribution in [0.15, 0.2) is 48.5 Å². The van der Waals surface area contributed by atoms with E-state index >= 15 is 0 Å². The highest BCUT2D eigenvalue weighted by Gasteiger charge is 2.11. The van der Waals surface area contributed by atoms with Crippen LogP contribution in [0.4, 0.5) is 17.1 Å². The van der Waals surface area contributed by atoms with Crippen LogP contribution in [-0.4, -0.2) is 4.92 Å².